The van der Waals surface area contributed by atoms with Crippen molar-refractivity contribution in [3.8, 4) is 0 Å². The second kappa shape index (κ2) is 7.88. The van der Waals surface area contributed by atoms with Gasteiger partial charge in [-0.15, -0.1) is 0 Å². The number of carbonyl (C=O) groups is 2. The normalized spacial score (nSPS) is 11.1. The molecular formula is C22H14N2O6. The minimum Gasteiger partial charge on any atom is -0.332 e. The van der Waals surface area contributed by atoms with Gasteiger partial charge in [0.1, 0.15) is 0 Å². The number of carbonyl (C=O) groups excluding carboxylic acids is 2. The fourth-order valence-electron chi connectivity index (χ4n) is 2.91. The summed E-state index contributed by atoms with van der Waals surface area (Å²) in [5.74, 6) is -1.68. The van der Waals surface area contributed by atoms with E-state index in [1.807, 2.05) is 0 Å². The predicted octanol–water partition coefficient (Wildman–Crippen LogP) is 1.48. The summed E-state index contributed by atoms with van der Waals surface area (Å²) in [6.07, 6.45) is 4.45. The topological polar surface area (TPSA) is 96.6 Å². The molecule has 0 bridgehead atoms. The smallest absolute Gasteiger partial charge is 0.332 e. The summed E-state index contributed by atoms with van der Waals surface area (Å²) >= 11 is 0. The maximum absolute atomic E-state index is 12.1. The number of hydrogen-bond donors (Lipinski definition) is 0. The standard InChI is InChI=1S/C22H14N2O6/c25-19-11-13-23(17-7-3-1-5-15(17)19)29-21(27)9-10-22(28)30-24-14-12-20(26)16-6-2-4-8-18(16)24/h1-14H/b10-9+. The van der Waals surface area contributed by atoms with Crippen LogP contribution in [0.3, 0.4) is 0 Å². The van der Waals surface area contributed by atoms with Crippen LogP contribution in [0.5, 0.6) is 0 Å². The maximum atomic E-state index is 12.1. The van der Waals surface area contributed by atoms with Crippen LogP contribution in [0.1, 0.15) is 0 Å². The Morgan fingerprint density at radius 2 is 1.03 bits per heavy atom. The molecule has 0 fully saturated rings. The molecular weight excluding hydrogens is 388 g/mol. The number of rotatable bonds is 4. The first-order valence-electron chi connectivity index (χ1n) is 8.86. The summed E-state index contributed by atoms with van der Waals surface area (Å²) in [7, 11) is 0. The van der Waals surface area contributed by atoms with Crippen LogP contribution >= 0.6 is 0 Å². The van der Waals surface area contributed by atoms with Crippen molar-refractivity contribution in [3.05, 3.63) is 106 Å². The molecule has 2 heterocycles. The van der Waals surface area contributed by atoms with Crippen LogP contribution in [0.25, 0.3) is 21.8 Å². The summed E-state index contributed by atoms with van der Waals surface area (Å²) in [6.45, 7) is 0. The molecule has 0 radical (unpaired) electrons. The van der Waals surface area contributed by atoms with Gasteiger partial charge in [0, 0.05) is 47.5 Å². The largest absolute Gasteiger partial charge is 0.356 e. The van der Waals surface area contributed by atoms with Crippen LogP contribution in [-0.4, -0.2) is 21.4 Å². The van der Waals surface area contributed by atoms with Gasteiger partial charge in [-0.3, -0.25) is 9.59 Å². The molecule has 0 aliphatic carbocycles. The molecule has 4 aromatic rings. The Bertz CT molecular complexity index is 1320. The number of aromatic nitrogens is 2. The average Bonchev–Trinajstić information content (AvgIpc) is 2.77. The van der Waals surface area contributed by atoms with E-state index in [4.69, 9.17) is 9.68 Å². The Kier molecular flexibility index (Phi) is 4.96. The third-order valence-corrected chi connectivity index (χ3v) is 4.27. The molecule has 2 aromatic carbocycles. The van der Waals surface area contributed by atoms with Crippen molar-refractivity contribution in [3.63, 3.8) is 0 Å². The molecule has 0 atom stereocenters. The predicted molar refractivity (Wildman–Crippen MR) is 109 cm³/mol. The van der Waals surface area contributed by atoms with Gasteiger partial charge in [0.25, 0.3) is 0 Å². The van der Waals surface area contributed by atoms with Crippen molar-refractivity contribution in [1.82, 2.24) is 9.46 Å². The first-order valence-corrected chi connectivity index (χ1v) is 8.86. The summed E-state index contributed by atoms with van der Waals surface area (Å²) in [5, 5.41) is 0.780. The highest BCUT2D eigenvalue weighted by molar-refractivity contribution is 5.92. The molecule has 0 spiro atoms. The second-order valence-electron chi connectivity index (χ2n) is 6.20. The number of hydrogen-bond acceptors (Lipinski definition) is 6. The van der Waals surface area contributed by atoms with E-state index in [1.165, 1.54) is 24.5 Å². The zero-order valence-electron chi connectivity index (χ0n) is 15.4. The number of fused-ring (bicyclic) bond motifs is 2. The molecule has 30 heavy (non-hydrogen) atoms. The van der Waals surface area contributed by atoms with E-state index < -0.39 is 11.9 Å². The van der Waals surface area contributed by atoms with Crippen LogP contribution in [0.4, 0.5) is 0 Å². The van der Waals surface area contributed by atoms with Crippen molar-refractivity contribution in [2.75, 3.05) is 0 Å². The maximum Gasteiger partial charge on any atom is 0.356 e. The van der Waals surface area contributed by atoms with Crippen LogP contribution in [-0.2, 0) is 9.59 Å². The number of pyridine rings is 2. The lowest BCUT2D eigenvalue weighted by molar-refractivity contribution is -0.140. The van der Waals surface area contributed by atoms with E-state index in [9.17, 15) is 19.2 Å². The summed E-state index contributed by atoms with van der Waals surface area (Å²) < 4.78 is 2.29. The highest BCUT2D eigenvalue weighted by atomic mass is 16.7. The molecule has 2 aromatic heterocycles. The van der Waals surface area contributed by atoms with Gasteiger partial charge in [0.05, 0.1) is 11.0 Å². The fraction of sp³-hybridized carbons (Fsp3) is 0. The van der Waals surface area contributed by atoms with Crippen LogP contribution < -0.4 is 20.5 Å². The van der Waals surface area contributed by atoms with E-state index in [1.54, 1.807) is 48.5 Å². The minimum absolute atomic E-state index is 0.203. The summed E-state index contributed by atoms with van der Waals surface area (Å²) in [4.78, 5) is 58.3. The van der Waals surface area contributed by atoms with E-state index in [-0.39, 0.29) is 10.9 Å². The Balaban J connectivity index is 1.50. The van der Waals surface area contributed by atoms with Crippen LogP contribution in [0.15, 0.2) is 94.8 Å². The molecule has 0 amide bonds. The molecule has 0 N–H and O–H groups in total. The first-order chi connectivity index (χ1) is 14.5. The number of benzene rings is 2. The number of nitrogens with zero attached hydrogens (tertiary/aromatic N) is 2. The molecule has 8 heteroatoms. The Hall–Kier alpha value is -4.46. The summed E-state index contributed by atoms with van der Waals surface area (Å²) in [6, 6.07) is 15.8. The lowest BCUT2D eigenvalue weighted by Gasteiger charge is -2.09. The minimum atomic E-state index is -0.842. The first kappa shape index (κ1) is 18.9. The molecule has 148 valence electrons. The average molecular weight is 402 g/mol. The lowest BCUT2D eigenvalue weighted by atomic mass is 10.2. The van der Waals surface area contributed by atoms with Gasteiger partial charge in [-0.1, -0.05) is 24.3 Å². The van der Waals surface area contributed by atoms with Crippen LogP contribution in [0.2, 0.25) is 0 Å². The van der Waals surface area contributed by atoms with Crippen molar-refractivity contribution in [1.29, 1.82) is 0 Å². The third-order valence-electron chi connectivity index (χ3n) is 4.27. The summed E-state index contributed by atoms with van der Waals surface area (Å²) in [5.41, 5.74) is 0.416. The quantitative estimate of drug-likeness (QED) is 0.480. The van der Waals surface area contributed by atoms with Gasteiger partial charge < -0.3 is 9.68 Å². The molecule has 0 unspecified atom stereocenters. The fourth-order valence-corrected chi connectivity index (χ4v) is 2.91. The van der Waals surface area contributed by atoms with Gasteiger partial charge in [0.2, 0.25) is 0 Å². The molecule has 8 nitrogen and oxygen atoms in total. The van der Waals surface area contributed by atoms with Gasteiger partial charge in [0.15, 0.2) is 10.9 Å². The zero-order valence-corrected chi connectivity index (χ0v) is 15.4. The van der Waals surface area contributed by atoms with Gasteiger partial charge in [-0.05, 0) is 24.3 Å². The Morgan fingerprint density at radius 3 is 1.47 bits per heavy atom. The van der Waals surface area contributed by atoms with Crippen LogP contribution in [0, 0.1) is 0 Å². The molecule has 0 saturated carbocycles. The highest BCUT2D eigenvalue weighted by Crippen LogP contribution is 2.09. The van der Waals surface area contributed by atoms with E-state index in [0.29, 0.717) is 21.8 Å². The van der Waals surface area contributed by atoms with Gasteiger partial charge in [-0.2, -0.15) is 9.46 Å². The number of para-hydroxylation sites is 2. The monoisotopic (exact) mass is 402 g/mol. The van der Waals surface area contributed by atoms with Gasteiger partial charge >= 0.3 is 11.9 Å². The lowest BCUT2D eigenvalue weighted by Crippen LogP contribution is -2.22. The molecule has 0 saturated heterocycles. The molecule has 0 aliphatic heterocycles. The van der Waals surface area contributed by atoms with Gasteiger partial charge in [-0.25, -0.2) is 9.59 Å². The van der Waals surface area contributed by atoms with E-state index in [2.05, 4.69) is 0 Å². The zero-order chi connectivity index (χ0) is 21.1. The Labute approximate surface area is 168 Å². The third kappa shape index (κ3) is 3.74. The second-order valence-corrected chi connectivity index (χ2v) is 6.20. The van der Waals surface area contributed by atoms with Crippen molar-refractivity contribution in [2.45, 2.75) is 0 Å². The highest BCUT2D eigenvalue weighted by Gasteiger charge is 2.08. The molecule has 4 rings (SSSR count). The SMILES string of the molecule is O=C(/C=C/C(=O)On1ccc(=O)c2ccccc21)On1ccc(=O)c2ccccc21. The van der Waals surface area contributed by atoms with Crippen molar-refractivity contribution < 1.29 is 19.3 Å². The molecule has 0 aliphatic rings. The van der Waals surface area contributed by atoms with E-state index in [0.717, 1.165) is 21.6 Å². The van der Waals surface area contributed by atoms with E-state index >= 15 is 0 Å². The van der Waals surface area contributed by atoms with Crippen molar-refractivity contribution >= 4 is 33.7 Å². The Morgan fingerprint density at radius 1 is 0.633 bits per heavy atom. The van der Waals surface area contributed by atoms with Crippen molar-refractivity contribution in [2.24, 2.45) is 0 Å².